The van der Waals surface area contributed by atoms with Crippen molar-refractivity contribution in [3.8, 4) is 0 Å². The number of nitrogens with one attached hydrogen (secondary N) is 1. The second-order valence-electron chi connectivity index (χ2n) is 6.13. The maximum atomic E-state index is 3.48. The Morgan fingerprint density at radius 1 is 1.19 bits per heavy atom. The number of hydrogen-bond donors (Lipinski definition) is 1. The molecule has 1 saturated heterocycles. The van der Waals surface area contributed by atoms with Gasteiger partial charge in [0.2, 0.25) is 0 Å². The minimum absolute atomic E-state index is 0.395. The molecule has 2 aliphatic rings. The minimum Gasteiger partial charge on any atom is -0.314 e. The van der Waals surface area contributed by atoms with Crippen molar-refractivity contribution >= 4 is 0 Å². The molecule has 0 aromatic carbocycles. The fourth-order valence-corrected chi connectivity index (χ4v) is 3.41. The topological polar surface area (TPSA) is 15.3 Å². The van der Waals surface area contributed by atoms with Gasteiger partial charge in [0, 0.05) is 24.7 Å². The molecule has 1 unspecified atom stereocenters. The molecule has 1 saturated carbocycles. The molecule has 94 valence electrons. The molecule has 1 aliphatic carbocycles. The van der Waals surface area contributed by atoms with Gasteiger partial charge in [-0.1, -0.05) is 12.8 Å². The van der Waals surface area contributed by atoms with Gasteiger partial charge in [0.05, 0.1) is 0 Å². The van der Waals surface area contributed by atoms with Crippen molar-refractivity contribution in [3.63, 3.8) is 0 Å². The molecule has 1 heterocycles. The zero-order valence-corrected chi connectivity index (χ0v) is 11.3. The lowest BCUT2D eigenvalue weighted by atomic mass is 9.87. The van der Waals surface area contributed by atoms with E-state index in [1.807, 2.05) is 0 Å². The third-order valence-electron chi connectivity index (χ3n) is 5.16. The smallest absolute Gasteiger partial charge is 0.0174 e. The van der Waals surface area contributed by atoms with E-state index in [0.717, 1.165) is 12.0 Å². The third-order valence-corrected chi connectivity index (χ3v) is 5.16. The Labute approximate surface area is 101 Å². The van der Waals surface area contributed by atoms with Crippen LogP contribution in [0.4, 0.5) is 0 Å². The van der Waals surface area contributed by atoms with Gasteiger partial charge in [-0.05, 0) is 52.5 Å². The van der Waals surface area contributed by atoms with Crippen LogP contribution in [0.3, 0.4) is 0 Å². The standard InChI is InChI=1S/C14H28N2/c1-12(13-6-4-5-7-13)16-10-8-14(2,15-3)9-11-16/h12-13,15H,4-11H2,1-3H3. The Bertz CT molecular complexity index is 213. The first-order valence-corrected chi connectivity index (χ1v) is 7.07. The summed E-state index contributed by atoms with van der Waals surface area (Å²) in [5.41, 5.74) is 0.395. The first-order chi connectivity index (χ1) is 7.64. The maximum Gasteiger partial charge on any atom is 0.0174 e. The number of hydrogen-bond acceptors (Lipinski definition) is 2. The Morgan fingerprint density at radius 2 is 1.75 bits per heavy atom. The second-order valence-corrected chi connectivity index (χ2v) is 6.13. The molecule has 0 spiro atoms. The second kappa shape index (κ2) is 5.05. The molecule has 0 radical (unpaired) electrons. The van der Waals surface area contributed by atoms with Gasteiger partial charge >= 0.3 is 0 Å². The predicted octanol–water partition coefficient (Wildman–Crippen LogP) is 2.64. The van der Waals surface area contributed by atoms with Crippen molar-refractivity contribution in [2.45, 2.75) is 64.0 Å². The average Bonchev–Trinajstić information content (AvgIpc) is 2.83. The Kier molecular flexibility index (Phi) is 3.91. The van der Waals surface area contributed by atoms with E-state index in [9.17, 15) is 0 Å². The van der Waals surface area contributed by atoms with Crippen LogP contribution >= 0.6 is 0 Å². The van der Waals surface area contributed by atoms with Crippen LogP contribution in [0.1, 0.15) is 52.4 Å². The van der Waals surface area contributed by atoms with Gasteiger partial charge in [0.15, 0.2) is 0 Å². The van der Waals surface area contributed by atoms with Gasteiger partial charge in [0.1, 0.15) is 0 Å². The van der Waals surface area contributed by atoms with Crippen LogP contribution < -0.4 is 5.32 Å². The molecule has 2 fully saturated rings. The normalized spacial score (nSPS) is 29.4. The van der Waals surface area contributed by atoms with Crippen LogP contribution in [0, 0.1) is 5.92 Å². The SMILES string of the molecule is CNC1(C)CCN(C(C)C2CCCC2)CC1. The minimum atomic E-state index is 0.395. The van der Waals surface area contributed by atoms with E-state index in [1.165, 1.54) is 51.6 Å². The number of likely N-dealkylation sites (tertiary alicyclic amines) is 1. The molecule has 0 amide bonds. The molecule has 1 atom stereocenters. The summed E-state index contributed by atoms with van der Waals surface area (Å²) in [6.07, 6.45) is 8.50. The van der Waals surface area contributed by atoms with Gasteiger partial charge in [-0.25, -0.2) is 0 Å². The number of piperidine rings is 1. The van der Waals surface area contributed by atoms with E-state index in [-0.39, 0.29) is 0 Å². The molecule has 0 aromatic heterocycles. The Morgan fingerprint density at radius 3 is 2.25 bits per heavy atom. The summed E-state index contributed by atoms with van der Waals surface area (Å²) in [4.78, 5) is 2.73. The predicted molar refractivity (Wildman–Crippen MR) is 69.7 cm³/mol. The fourth-order valence-electron chi connectivity index (χ4n) is 3.41. The van der Waals surface area contributed by atoms with Crippen LogP contribution in [-0.4, -0.2) is 36.6 Å². The highest BCUT2D eigenvalue weighted by Crippen LogP contribution is 2.32. The first kappa shape index (κ1) is 12.4. The van der Waals surface area contributed by atoms with Crippen LogP contribution in [-0.2, 0) is 0 Å². The molecule has 1 aliphatic heterocycles. The van der Waals surface area contributed by atoms with Crippen molar-refractivity contribution < 1.29 is 0 Å². The van der Waals surface area contributed by atoms with Crippen LogP contribution in [0.5, 0.6) is 0 Å². The molecule has 0 bridgehead atoms. The summed E-state index contributed by atoms with van der Waals surface area (Å²) in [7, 11) is 2.11. The zero-order chi connectivity index (χ0) is 11.6. The van der Waals surface area contributed by atoms with Crippen molar-refractivity contribution in [3.05, 3.63) is 0 Å². The molecule has 2 heteroatoms. The van der Waals surface area contributed by atoms with Gasteiger partial charge in [-0.2, -0.15) is 0 Å². The summed E-state index contributed by atoms with van der Waals surface area (Å²) >= 11 is 0. The van der Waals surface area contributed by atoms with Gasteiger partial charge < -0.3 is 10.2 Å². The lowest BCUT2D eigenvalue weighted by molar-refractivity contribution is 0.0890. The lowest BCUT2D eigenvalue weighted by Crippen LogP contribution is -2.53. The Hall–Kier alpha value is -0.0800. The summed E-state index contributed by atoms with van der Waals surface area (Å²) in [6.45, 7) is 7.40. The maximum absolute atomic E-state index is 3.48. The van der Waals surface area contributed by atoms with Crippen molar-refractivity contribution in [2.24, 2.45) is 5.92 Å². The van der Waals surface area contributed by atoms with Crippen molar-refractivity contribution in [1.29, 1.82) is 0 Å². The Balaban J connectivity index is 1.83. The fraction of sp³-hybridized carbons (Fsp3) is 1.00. The van der Waals surface area contributed by atoms with E-state index < -0.39 is 0 Å². The lowest BCUT2D eigenvalue weighted by Gasteiger charge is -2.43. The van der Waals surface area contributed by atoms with E-state index in [0.29, 0.717) is 5.54 Å². The molecule has 16 heavy (non-hydrogen) atoms. The number of rotatable bonds is 3. The van der Waals surface area contributed by atoms with Crippen LogP contribution in [0.15, 0.2) is 0 Å². The highest BCUT2D eigenvalue weighted by atomic mass is 15.2. The van der Waals surface area contributed by atoms with Crippen molar-refractivity contribution in [2.75, 3.05) is 20.1 Å². The molecule has 1 N–H and O–H groups in total. The van der Waals surface area contributed by atoms with E-state index in [4.69, 9.17) is 0 Å². The monoisotopic (exact) mass is 224 g/mol. The molecular weight excluding hydrogens is 196 g/mol. The average molecular weight is 224 g/mol. The molecule has 2 nitrogen and oxygen atoms in total. The molecule has 2 rings (SSSR count). The van der Waals surface area contributed by atoms with Crippen molar-refractivity contribution in [1.82, 2.24) is 10.2 Å². The highest BCUT2D eigenvalue weighted by molar-refractivity contribution is 4.91. The number of nitrogens with zero attached hydrogens (tertiary/aromatic N) is 1. The van der Waals surface area contributed by atoms with Gasteiger partial charge in [0.25, 0.3) is 0 Å². The van der Waals surface area contributed by atoms with Gasteiger partial charge in [-0.15, -0.1) is 0 Å². The summed E-state index contributed by atoms with van der Waals surface area (Å²) in [5, 5.41) is 3.48. The summed E-state index contributed by atoms with van der Waals surface area (Å²) < 4.78 is 0. The van der Waals surface area contributed by atoms with E-state index >= 15 is 0 Å². The first-order valence-electron chi connectivity index (χ1n) is 7.07. The third kappa shape index (κ3) is 2.60. The van der Waals surface area contributed by atoms with Gasteiger partial charge in [-0.3, -0.25) is 0 Å². The van der Waals surface area contributed by atoms with Crippen LogP contribution in [0.2, 0.25) is 0 Å². The quantitative estimate of drug-likeness (QED) is 0.793. The zero-order valence-electron chi connectivity index (χ0n) is 11.3. The molecule has 0 aromatic rings. The van der Waals surface area contributed by atoms with Crippen LogP contribution in [0.25, 0.3) is 0 Å². The largest absolute Gasteiger partial charge is 0.314 e. The molecular formula is C14H28N2. The van der Waals surface area contributed by atoms with E-state index in [2.05, 4.69) is 31.1 Å². The summed E-state index contributed by atoms with van der Waals surface area (Å²) in [5.74, 6) is 0.985. The highest BCUT2D eigenvalue weighted by Gasteiger charge is 2.33. The summed E-state index contributed by atoms with van der Waals surface area (Å²) in [6, 6.07) is 0.823. The van der Waals surface area contributed by atoms with E-state index in [1.54, 1.807) is 0 Å².